The number of benzene rings is 1. The molecule has 0 saturated carbocycles. The van der Waals surface area contributed by atoms with Crippen LogP contribution in [-0.4, -0.2) is 19.7 Å². The minimum Gasteiger partial charge on any atom is -0.494 e. The molecule has 0 amide bonds. The van der Waals surface area contributed by atoms with E-state index in [-0.39, 0.29) is 0 Å². The third kappa shape index (κ3) is 4.92. The highest BCUT2D eigenvalue weighted by Crippen LogP contribution is 2.16. The van der Waals surface area contributed by atoms with E-state index in [9.17, 15) is 0 Å². The summed E-state index contributed by atoms with van der Waals surface area (Å²) in [6, 6.07) is 10.0. The van der Waals surface area contributed by atoms with Gasteiger partial charge in [0.15, 0.2) is 0 Å². The Balaban J connectivity index is 1.48. The first-order valence-corrected chi connectivity index (χ1v) is 6.99. The van der Waals surface area contributed by atoms with Crippen LogP contribution in [0.15, 0.2) is 42.5 Å². The van der Waals surface area contributed by atoms with Crippen molar-refractivity contribution in [2.45, 2.75) is 25.7 Å². The number of allylic oxidation sites excluding steroid dienone is 2. The fourth-order valence-electron chi connectivity index (χ4n) is 2.25. The molecule has 0 bridgehead atoms. The molecule has 1 aliphatic rings. The van der Waals surface area contributed by atoms with Crippen LogP contribution in [-0.2, 0) is 0 Å². The molecule has 98 valence electrons. The Hall–Kier alpha value is -1.28. The van der Waals surface area contributed by atoms with Gasteiger partial charge in [0.1, 0.15) is 5.75 Å². The summed E-state index contributed by atoms with van der Waals surface area (Å²) in [7, 11) is 0. The summed E-state index contributed by atoms with van der Waals surface area (Å²) in [5.74, 6) is 1.81. The fourth-order valence-corrected chi connectivity index (χ4v) is 2.25. The van der Waals surface area contributed by atoms with Crippen molar-refractivity contribution in [3.8, 4) is 5.75 Å². The average Bonchev–Trinajstić information content (AvgIpc) is 2.45. The van der Waals surface area contributed by atoms with Crippen molar-refractivity contribution >= 4 is 0 Å². The molecular weight excluding hydrogens is 222 g/mol. The summed E-state index contributed by atoms with van der Waals surface area (Å²) in [6.07, 6.45) is 9.51. The number of para-hydroxylation sites is 1. The van der Waals surface area contributed by atoms with Crippen LogP contribution in [0.2, 0.25) is 0 Å². The highest BCUT2D eigenvalue weighted by Gasteiger charge is 2.08. The van der Waals surface area contributed by atoms with Crippen molar-refractivity contribution in [3.63, 3.8) is 0 Å². The number of nitrogens with one attached hydrogen (secondary N) is 1. The van der Waals surface area contributed by atoms with E-state index in [1.807, 2.05) is 30.3 Å². The van der Waals surface area contributed by atoms with Crippen molar-refractivity contribution in [2.24, 2.45) is 5.92 Å². The maximum absolute atomic E-state index is 5.65. The maximum Gasteiger partial charge on any atom is 0.119 e. The zero-order chi connectivity index (χ0) is 12.5. The van der Waals surface area contributed by atoms with E-state index in [1.165, 1.54) is 19.3 Å². The highest BCUT2D eigenvalue weighted by molar-refractivity contribution is 5.20. The Labute approximate surface area is 110 Å². The number of rotatable bonds is 7. The zero-order valence-electron chi connectivity index (χ0n) is 11.0. The lowest BCUT2D eigenvalue weighted by molar-refractivity contribution is 0.305. The second-order valence-electron chi connectivity index (χ2n) is 4.87. The molecule has 0 radical (unpaired) electrons. The van der Waals surface area contributed by atoms with Crippen LogP contribution in [0.3, 0.4) is 0 Å². The lowest BCUT2D eigenvalue weighted by atomic mass is 9.94. The molecule has 2 rings (SSSR count). The number of hydrogen-bond donors (Lipinski definition) is 1. The molecule has 18 heavy (non-hydrogen) atoms. The first-order valence-electron chi connectivity index (χ1n) is 6.99. The minimum atomic E-state index is 0.793. The van der Waals surface area contributed by atoms with Crippen LogP contribution in [0.4, 0.5) is 0 Å². The molecule has 1 aromatic carbocycles. The topological polar surface area (TPSA) is 21.3 Å². The minimum absolute atomic E-state index is 0.793. The molecule has 0 saturated heterocycles. The smallest absolute Gasteiger partial charge is 0.119 e. The summed E-state index contributed by atoms with van der Waals surface area (Å²) in [6.45, 7) is 2.99. The van der Waals surface area contributed by atoms with Crippen LogP contribution in [0.1, 0.15) is 25.7 Å². The summed E-state index contributed by atoms with van der Waals surface area (Å²) in [5.41, 5.74) is 0. The lowest BCUT2D eigenvalue weighted by Crippen LogP contribution is -2.25. The second-order valence-corrected chi connectivity index (χ2v) is 4.87. The summed E-state index contributed by atoms with van der Waals surface area (Å²) in [5, 5.41) is 3.53. The third-order valence-corrected chi connectivity index (χ3v) is 3.32. The SMILES string of the molecule is C1=CCC(CNCCCOc2ccccc2)CC1. The van der Waals surface area contributed by atoms with Crippen LogP contribution in [0.25, 0.3) is 0 Å². The number of hydrogen-bond acceptors (Lipinski definition) is 2. The Morgan fingerprint density at radius 3 is 2.83 bits per heavy atom. The van der Waals surface area contributed by atoms with Gasteiger partial charge >= 0.3 is 0 Å². The predicted molar refractivity (Wildman–Crippen MR) is 75.9 cm³/mol. The normalized spacial score (nSPS) is 18.8. The molecule has 1 aromatic rings. The number of ether oxygens (including phenoxy) is 1. The van der Waals surface area contributed by atoms with Gasteiger partial charge in [-0.1, -0.05) is 30.4 Å². The molecular formula is C16H23NO. The first-order chi connectivity index (χ1) is 8.95. The molecule has 1 N–H and O–H groups in total. The summed E-state index contributed by atoms with van der Waals surface area (Å²) >= 11 is 0. The molecule has 1 unspecified atom stereocenters. The highest BCUT2D eigenvalue weighted by atomic mass is 16.5. The predicted octanol–water partition coefficient (Wildman–Crippen LogP) is 3.40. The van der Waals surface area contributed by atoms with E-state index in [0.29, 0.717) is 0 Å². The molecule has 2 nitrogen and oxygen atoms in total. The van der Waals surface area contributed by atoms with Crippen LogP contribution in [0.5, 0.6) is 5.75 Å². The van der Waals surface area contributed by atoms with E-state index < -0.39 is 0 Å². The van der Waals surface area contributed by atoms with Gasteiger partial charge in [0.2, 0.25) is 0 Å². The lowest BCUT2D eigenvalue weighted by Gasteiger charge is -2.18. The fraction of sp³-hybridized carbons (Fsp3) is 0.500. The maximum atomic E-state index is 5.65. The van der Waals surface area contributed by atoms with Crippen molar-refractivity contribution < 1.29 is 4.74 Å². The summed E-state index contributed by atoms with van der Waals surface area (Å²) < 4.78 is 5.65. The molecule has 0 heterocycles. The van der Waals surface area contributed by atoms with E-state index in [0.717, 1.165) is 37.8 Å². The van der Waals surface area contributed by atoms with Crippen molar-refractivity contribution in [1.29, 1.82) is 0 Å². The van der Waals surface area contributed by atoms with Crippen LogP contribution in [0, 0.1) is 5.92 Å². The molecule has 0 aromatic heterocycles. The van der Waals surface area contributed by atoms with Crippen molar-refractivity contribution in [2.75, 3.05) is 19.7 Å². The Kier molecular flexibility index (Phi) is 5.80. The van der Waals surface area contributed by atoms with Gasteiger partial charge in [0.25, 0.3) is 0 Å². The van der Waals surface area contributed by atoms with E-state index in [2.05, 4.69) is 17.5 Å². The zero-order valence-corrected chi connectivity index (χ0v) is 11.0. The van der Waals surface area contributed by atoms with Gasteiger partial charge in [-0.15, -0.1) is 0 Å². The van der Waals surface area contributed by atoms with Gasteiger partial charge in [-0.3, -0.25) is 0 Å². The van der Waals surface area contributed by atoms with E-state index >= 15 is 0 Å². The summed E-state index contributed by atoms with van der Waals surface area (Å²) in [4.78, 5) is 0. The van der Waals surface area contributed by atoms with E-state index in [1.54, 1.807) is 0 Å². The van der Waals surface area contributed by atoms with Gasteiger partial charge in [0, 0.05) is 0 Å². The molecule has 2 heteroatoms. The molecule has 0 spiro atoms. The molecule has 1 aliphatic carbocycles. The molecule has 1 atom stereocenters. The molecule has 0 fully saturated rings. The average molecular weight is 245 g/mol. The van der Waals surface area contributed by atoms with Gasteiger partial charge < -0.3 is 10.1 Å². The van der Waals surface area contributed by atoms with Gasteiger partial charge in [-0.2, -0.15) is 0 Å². The van der Waals surface area contributed by atoms with Gasteiger partial charge in [-0.05, 0) is 56.8 Å². The Bertz CT molecular complexity index is 347. The largest absolute Gasteiger partial charge is 0.494 e. The third-order valence-electron chi connectivity index (χ3n) is 3.32. The van der Waals surface area contributed by atoms with E-state index in [4.69, 9.17) is 4.74 Å². The van der Waals surface area contributed by atoms with Crippen LogP contribution < -0.4 is 10.1 Å². The standard InChI is InChI=1S/C16H23NO/c1-3-8-15(9-4-1)14-17-12-7-13-18-16-10-5-2-6-11-16/h1-3,5-6,10-11,15,17H,4,7-9,12-14H2. The van der Waals surface area contributed by atoms with Gasteiger partial charge in [-0.25, -0.2) is 0 Å². The van der Waals surface area contributed by atoms with Crippen molar-refractivity contribution in [1.82, 2.24) is 5.32 Å². The Morgan fingerprint density at radius 2 is 2.06 bits per heavy atom. The first kappa shape index (κ1) is 13.2. The Morgan fingerprint density at radius 1 is 1.17 bits per heavy atom. The second kappa shape index (κ2) is 7.93. The van der Waals surface area contributed by atoms with Crippen LogP contribution >= 0.6 is 0 Å². The molecule has 0 aliphatic heterocycles. The quantitative estimate of drug-likeness (QED) is 0.587. The van der Waals surface area contributed by atoms with Gasteiger partial charge in [0.05, 0.1) is 6.61 Å². The monoisotopic (exact) mass is 245 g/mol. The van der Waals surface area contributed by atoms with Crippen molar-refractivity contribution in [3.05, 3.63) is 42.5 Å².